The van der Waals surface area contributed by atoms with E-state index >= 15 is 0 Å². The van der Waals surface area contributed by atoms with Crippen LogP contribution in [0, 0.1) is 0 Å². The third-order valence-corrected chi connectivity index (χ3v) is 12.3. The van der Waals surface area contributed by atoms with Crippen molar-refractivity contribution in [3.63, 3.8) is 0 Å². The molecule has 10 aromatic carbocycles. The molecule has 0 aliphatic heterocycles. The first kappa shape index (κ1) is 34.5. The molecule has 3 aromatic heterocycles. The molecule has 0 spiro atoms. The average Bonchev–Trinajstić information content (AvgIpc) is 3.92. The summed E-state index contributed by atoms with van der Waals surface area (Å²) in [5.41, 5.74) is 10.3. The molecular formula is C57H33N3O2. The van der Waals surface area contributed by atoms with Crippen LogP contribution in [0.3, 0.4) is 0 Å². The maximum Gasteiger partial charge on any atom is 0.164 e. The van der Waals surface area contributed by atoms with Crippen molar-refractivity contribution in [3.05, 3.63) is 200 Å². The van der Waals surface area contributed by atoms with Gasteiger partial charge in [0, 0.05) is 38.2 Å². The van der Waals surface area contributed by atoms with E-state index in [0.29, 0.717) is 17.5 Å². The molecule has 288 valence electrons. The van der Waals surface area contributed by atoms with Crippen LogP contribution in [0.5, 0.6) is 0 Å². The third kappa shape index (κ3) is 5.38. The lowest BCUT2D eigenvalue weighted by atomic mass is 9.93. The van der Waals surface area contributed by atoms with Gasteiger partial charge < -0.3 is 8.83 Å². The topological polar surface area (TPSA) is 65.0 Å². The molecule has 0 atom stereocenters. The van der Waals surface area contributed by atoms with Gasteiger partial charge in [-0.2, -0.15) is 0 Å². The summed E-state index contributed by atoms with van der Waals surface area (Å²) in [5.74, 6) is 1.75. The Morgan fingerprint density at radius 3 is 1.45 bits per heavy atom. The number of aromatic nitrogens is 3. The molecule has 3 heterocycles. The van der Waals surface area contributed by atoms with E-state index in [4.69, 9.17) is 23.8 Å². The highest BCUT2D eigenvalue weighted by Crippen LogP contribution is 2.43. The van der Waals surface area contributed by atoms with Gasteiger partial charge in [0.1, 0.15) is 22.3 Å². The molecule has 13 rings (SSSR count). The zero-order valence-electron chi connectivity index (χ0n) is 33.2. The summed E-state index contributed by atoms with van der Waals surface area (Å²) < 4.78 is 12.9. The Kier molecular flexibility index (Phi) is 7.54. The van der Waals surface area contributed by atoms with Crippen LogP contribution in [0.15, 0.2) is 209 Å². The molecule has 0 unspecified atom stereocenters. The van der Waals surface area contributed by atoms with Gasteiger partial charge in [0.2, 0.25) is 0 Å². The largest absolute Gasteiger partial charge is 0.456 e. The van der Waals surface area contributed by atoms with Crippen molar-refractivity contribution in [2.24, 2.45) is 0 Å². The molecule has 0 bridgehead atoms. The zero-order chi connectivity index (χ0) is 40.7. The summed E-state index contributed by atoms with van der Waals surface area (Å²) >= 11 is 0. The third-order valence-electron chi connectivity index (χ3n) is 12.3. The van der Waals surface area contributed by atoms with E-state index < -0.39 is 0 Å². The first-order valence-corrected chi connectivity index (χ1v) is 20.8. The van der Waals surface area contributed by atoms with Crippen molar-refractivity contribution in [1.82, 2.24) is 15.0 Å². The van der Waals surface area contributed by atoms with Crippen molar-refractivity contribution >= 4 is 76.2 Å². The van der Waals surface area contributed by atoms with Crippen LogP contribution in [0.25, 0.3) is 133 Å². The van der Waals surface area contributed by atoms with Crippen molar-refractivity contribution in [1.29, 1.82) is 0 Å². The number of furan rings is 2. The van der Waals surface area contributed by atoms with Crippen molar-refractivity contribution in [2.45, 2.75) is 0 Å². The lowest BCUT2D eigenvalue weighted by Gasteiger charge is -2.13. The SMILES string of the molecule is c1ccc(-c2cccc(-c3nc(-c4ccc5c6ccccc6c6ccccc6c5c4)nc(-c4cccc5oc6cccc(-c7ccc8oc9ccccc9c8c7)c6c45)n3)c2)cc1. The van der Waals surface area contributed by atoms with Crippen LogP contribution in [-0.2, 0) is 0 Å². The summed E-state index contributed by atoms with van der Waals surface area (Å²) in [6, 6.07) is 69.8. The Hall–Kier alpha value is -8.41. The number of hydrogen-bond donors (Lipinski definition) is 0. The molecule has 62 heavy (non-hydrogen) atoms. The Balaban J connectivity index is 1.06. The number of nitrogens with zero attached hydrogens (tertiary/aromatic N) is 3. The van der Waals surface area contributed by atoms with Gasteiger partial charge in [0.05, 0.1) is 0 Å². The van der Waals surface area contributed by atoms with Gasteiger partial charge in [-0.05, 0) is 97.0 Å². The van der Waals surface area contributed by atoms with Crippen LogP contribution in [0.4, 0.5) is 0 Å². The number of fused-ring (bicyclic) bond motifs is 12. The number of para-hydroxylation sites is 1. The first-order chi connectivity index (χ1) is 30.7. The summed E-state index contributed by atoms with van der Waals surface area (Å²) in [4.78, 5) is 16.0. The Morgan fingerprint density at radius 2 is 0.710 bits per heavy atom. The van der Waals surface area contributed by atoms with E-state index in [2.05, 4.69) is 164 Å². The number of hydrogen-bond acceptors (Lipinski definition) is 5. The summed E-state index contributed by atoms with van der Waals surface area (Å²) in [5, 5.41) is 11.3. The molecule has 0 aliphatic rings. The molecule has 5 nitrogen and oxygen atoms in total. The molecule has 0 radical (unpaired) electrons. The van der Waals surface area contributed by atoms with Gasteiger partial charge in [-0.3, -0.25) is 0 Å². The van der Waals surface area contributed by atoms with Gasteiger partial charge in [0.15, 0.2) is 17.5 Å². The van der Waals surface area contributed by atoms with Gasteiger partial charge in [-0.1, -0.05) is 158 Å². The Bertz CT molecular complexity index is 3900. The molecular weight excluding hydrogens is 759 g/mol. The molecule has 0 N–H and O–H groups in total. The number of benzene rings is 10. The van der Waals surface area contributed by atoms with Crippen LogP contribution in [0.2, 0.25) is 0 Å². The fourth-order valence-electron chi connectivity index (χ4n) is 9.46. The summed E-state index contributed by atoms with van der Waals surface area (Å²) in [6.07, 6.45) is 0. The number of rotatable bonds is 5. The van der Waals surface area contributed by atoms with Crippen LogP contribution < -0.4 is 0 Å². The van der Waals surface area contributed by atoms with E-state index in [1.807, 2.05) is 36.4 Å². The minimum atomic E-state index is 0.568. The molecule has 0 fully saturated rings. The minimum Gasteiger partial charge on any atom is -0.456 e. The van der Waals surface area contributed by atoms with Crippen LogP contribution >= 0.6 is 0 Å². The highest BCUT2D eigenvalue weighted by Gasteiger charge is 2.21. The van der Waals surface area contributed by atoms with Crippen LogP contribution in [0.1, 0.15) is 0 Å². The molecule has 0 saturated carbocycles. The summed E-state index contributed by atoms with van der Waals surface area (Å²) in [6.45, 7) is 0. The van der Waals surface area contributed by atoms with Crippen molar-refractivity contribution < 1.29 is 8.83 Å². The minimum absolute atomic E-state index is 0.568. The quantitative estimate of drug-likeness (QED) is 0.162. The van der Waals surface area contributed by atoms with Gasteiger partial charge in [-0.15, -0.1) is 0 Å². The normalized spacial score (nSPS) is 11.9. The smallest absolute Gasteiger partial charge is 0.164 e. The zero-order valence-corrected chi connectivity index (χ0v) is 33.2. The Morgan fingerprint density at radius 1 is 0.242 bits per heavy atom. The Labute approximate surface area is 355 Å². The molecule has 0 amide bonds. The molecule has 5 heteroatoms. The van der Waals surface area contributed by atoms with Crippen LogP contribution in [-0.4, -0.2) is 15.0 Å². The van der Waals surface area contributed by atoms with Crippen molar-refractivity contribution in [3.8, 4) is 56.4 Å². The highest BCUT2D eigenvalue weighted by atomic mass is 16.3. The highest BCUT2D eigenvalue weighted by molar-refractivity contribution is 6.26. The lowest BCUT2D eigenvalue weighted by Crippen LogP contribution is -2.01. The predicted molar refractivity (Wildman–Crippen MR) is 254 cm³/mol. The van der Waals surface area contributed by atoms with Gasteiger partial charge in [-0.25, -0.2) is 15.0 Å². The monoisotopic (exact) mass is 791 g/mol. The van der Waals surface area contributed by atoms with E-state index in [-0.39, 0.29) is 0 Å². The van der Waals surface area contributed by atoms with E-state index in [0.717, 1.165) is 88.2 Å². The fourth-order valence-corrected chi connectivity index (χ4v) is 9.46. The predicted octanol–water partition coefficient (Wildman–Crippen LogP) is 15.5. The lowest BCUT2D eigenvalue weighted by molar-refractivity contribution is 0.669. The van der Waals surface area contributed by atoms with E-state index in [1.165, 1.54) is 26.9 Å². The van der Waals surface area contributed by atoms with Gasteiger partial charge >= 0.3 is 0 Å². The molecule has 0 aliphatic carbocycles. The second-order valence-electron chi connectivity index (χ2n) is 15.9. The second kappa shape index (κ2) is 13.6. The molecule has 13 aromatic rings. The second-order valence-corrected chi connectivity index (χ2v) is 15.9. The van der Waals surface area contributed by atoms with E-state index in [1.54, 1.807) is 0 Å². The maximum atomic E-state index is 6.65. The van der Waals surface area contributed by atoms with Gasteiger partial charge in [0.25, 0.3) is 0 Å². The summed E-state index contributed by atoms with van der Waals surface area (Å²) in [7, 11) is 0. The van der Waals surface area contributed by atoms with Crippen molar-refractivity contribution in [2.75, 3.05) is 0 Å². The fraction of sp³-hybridized carbons (Fsp3) is 0. The average molecular weight is 792 g/mol. The first-order valence-electron chi connectivity index (χ1n) is 20.8. The molecule has 0 saturated heterocycles. The van der Waals surface area contributed by atoms with E-state index in [9.17, 15) is 0 Å². The maximum absolute atomic E-state index is 6.65. The standard InChI is InChI=1S/C57H33N3O2/c1-2-13-34(14-3-1)35-15-10-16-37(31-35)55-58-56(38-27-29-44-42-19-5-4-17-40(42)41-18-6-7-20-43(41)47(44)33-38)60-57(59-55)46-23-12-26-52-54(46)53-39(22-11-25-51(53)62-52)36-28-30-50-48(32-36)45-21-8-9-24-49(45)61-50/h1-33H.